The van der Waals surface area contributed by atoms with Crippen molar-refractivity contribution in [2.75, 3.05) is 0 Å². The molecule has 5 rings (SSSR count). The van der Waals surface area contributed by atoms with E-state index in [4.69, 9.17) is 9.97 Å². The van der Waals surface area contributed by atoms with Gasteiger partial charge in [-0.1, -0.05) is 0 Å². The van der Waals surface area contributed by atoms with Gasteiger partial charge in [-0.2, -0.15) is 0 Å². The Balaban J connectivity index is 1.85. The number of hydrogen-bond acceptors (Lipinski definition) is 5. The van der Waals surface area contributed by atoms with Gasteiger partial charge in [0.05, 0.1) is 33.1 Å². The first kappa shape index (κ1) is 16.5. The number of nitrogens with zero attached hydrogens (tertiary/aromatic N) is 4. The average Bonchev–Trinajstić information content (AvgIpc) is 2.72. The molecule has 2 aromatic carbocycles. The summed E-state index contributed by atoms with van der Waals surface area (Å²) in [6.07, 6.45) is 3.52. The summed E-state index contributed by atoms with van der Waals surface area (Å²) in [7, 11) is 0. The monoisotopic (exact) mass is 367 g/mol. The molecule has 0 spiro atoms. The number of aromatic nitrogens is 4. The van der Waals surface area contributed by atoms with E-state index in [2.05, 4.69) is 15.3 Å². The minimum atomic E-state index is -0.118. The number of carbonyl (C=O) groups excluding carboxylic acids is 1. The van der Waals surface area contributed by atoms with Gasteiger partial charge in [-0.25, -0.2) is 9.97 Å². The lowest BCUT2D eigenvalue weighted by molar-refractivity contribution is 0.0943. The zero-order valence-electron chi connectivity index (χ0n) is 15.5. The summed E-state index contributed by atoms with van der Waals surface area (Å²) in [5.74, 6) is -0.118. The summed E-state index contributed by atoms with van der Waals surface area (Å²) < 4.78 is 0. The number of hydrogen-bond donors (Lipinski definition) is 1. The summed E-state index contributed by atoms with van der Waals surface area (Å²) >= 11 is 0. The first-order valence-electron chi connectivity index (χ1n) is 9.15. The number of nitrogens with one attached hydrogen (secondary N) is 1. The van der Waals surface area contributed by atoms with Crippen LogP contribution in [0.25, 0.3) is 43.9 Å². The maximum atomic E-state index is 12.4. The maximum absolute atomic E-state index is 12.4. The molecule has 0 radical (unpaired) electrons. The molecule has 0 saturated carbocycles. The van der Waals surface area contributed by atoms with Gasteiger partial charge in [0.15, 0.2) is 0 Å². The Hall–Kier alpha value is -3.67. The van der Waals surface area contributed by atoms with Gasteiger partial charge in [0.1, 0.15) is 0 Å². The molecule has 0 aliphatic carbocycles. The molecule has 28 heavy (non-hydrogen) atoms. The van der Waals surface area contributed by atoms with Crippen LogP contribution in [0.15, 0.2) is 54.9 Å². The van der Waals surface area contributed by atoms with Crippen LogP contribution in [-0.2, 0) is 0 Å². The van der Waals surface area contributed by atoms with Gasteiger partial charge in [-0.05, 0) is 56.3 Å². The molecule has 0 aliphatic heterocycles. The molecule has 3 heterocycles. The highest BCUT2D eigenvalue weighted by Crippen LogP contribution is 2.31. The predicted octanol–water partition coefficient (Wildman–Crippen LogP) is 4.02. The SMILES string of the molecule is CC(C)NC(=O)c1ccc2nc3c4cccnc4c4ncccc4c3nc2c1. The number of fused-ring (bicyclic) bond motifs is 7. The van der Waals surface area contributed by atoms with Crippen molar-refractivity contribution in [1.82, 2.24) is 25.3 Å². The molecule has 0 aliphatic rings. The third kappa shape index (κ3) is 2.53. The minimum Gasteiger partial charge on any atom is -0.350 e. The van der Waals surface area contributed by atoms with Crippen LogP contribution in [0.4, 0.5) is 0 Å². The van der Waals surface area contributed by atoms with Crippen LogP contribution >= 0.6 is 0 Å². The van der Waals surface area contributed by atoms with Gasteiger partial charge in [0.2, 0.25) is 0 Å². The summed E-state index contributed by atoms with van der Waals surface area (Å²) in [6, 6.07) is 13.2. The molecule has 136 valence electrons. The van der Waals surface area contributed by atoms with Crippen molar-refractivity contribution in [3.05, 3.63) is 60.4 Å². The number of pyridine rings is 2. The van der Waals surface area contributed by atoms with E-state index < -0.39 is 0 Å². The van der Waals surface area contributed by atoms with Crippen molar-refractivity contribution in [2.45, 2.75) is 19.9 Å². The van der Waals surface area contributed by atoms with Crippen LogP contribution < -0.4 is 5.32 Å². The van der Waals surface area contributed by atoms with Crippen molar-refractivity contribution < 1.29 is 4.79 Å². The molecule has 1 N–H and O–H groups in total. The molecule has 0 saturated heterocycles. The molecule has 1 amide bonds. The lowest BCUT2D eigenvalue weighted by Crippen LogP contribution is -2.30. The van der Waals surface area contributed by atoms with E-state index in [1.807, 2.05) is 44.2 Å². The Morgan fingerprint density at radius 1 is 0.821 bits per heavy atom. The highest BCUT2D eigenvalue weighted by Gasteiger charge is 2.15. The normalized spacial score (nSPS) is 11.7. The summed E-state index contributed by atoms with van der Waals surface area (Å²) in [4.78, 5) is 31.1. The van der Waals surface area contributed by atoms with Gasteiger partial charge < -0.3 is 5.32 Å². The van der Waals surface area contributed by atoms with Gasteiger partial charge in [0.25, 0.3) is 5.91 Å². The summed E-state index contributed by atoms with van der Waals surface area (Å²) in [6.45, 7) is 3.87. The summed E-state index contributed by atoms with van der Waals surface area (Å²) in [5, 5.41) is 4.72. The summed E-state index contributed by atoms with van der Waals surface area (Å²) in [5.41, 5.74) is 5.15. The van der Waals surface area contributed by atoms with E-state index >= 15 is 0 Å². The molecule has 6 heteroatoms. The fourth-order valence-corrected chi connectivity index (χ4v) is 3.49. The first-order chi connectivity index (χ1) is 13.6. The van der Waals surface area contributed by atoms with Crippen LogP contribution in [-0.4, -0.2) is 31.9 Å². The number of rotatable bonds is 2. The third-order valence-corrected chi connectivity index (χ3v) is 4.70. The van der Waals surface area contributed by atoms with Crippen molar-refractivity contribution in [1.29, 1.82) is 0 Å². The molecular weight excluding hydrogens is 350 g/mol. The van der Waals surface area contributed by atoms with Crippen LogP contribution in [0.1, 0.15) is 24.2 Å². The first-order valence-corrected chi connectivity index (χ1v) is 9.15. The van der Waals surface area contributed by atoms with Gasteiger partial charge in [-0.3, -0.25) is 14.8 Å². The van der Waals surface area contributed by atoms with Gasteiger partial charge >= 0.3 is 0 Å². The number of amides is 1. The fourth-order valence-electron chi connectivity index (χ4n) is 3.49. The number of carbonyl (C=O) groups is 1. The second kappa shape index (κ2) is 6.20. The Morgan fingerprint density at radius 2 is 1.43 bits per heavy atom. The van der Waals surface area contributed by atoms with Crippen LogP contribution in [0.3, 0.4) is 0 Å². The van der Waals surface area contributed by atoms with Gasteiger partial charge in [0, 0.05) is 34.8 Å². The second-order valence-electron chi connectivity index (χ2n) is 7.05. The maximum Gasteiger partial charge on any atom is 0.251 e. The van der Waals surface area contributed by atoms with E-state index in [0.29, 0.717) is 11.1 Å². The molecule has 0 bridgehead atoms. The molecule has 6 nitrogen and oxygen atoms in total. The van der Waals surface area contributed by atoms with Crippen molar-refractivity contribution >= 4 is 49.8 Å². The van der Waals surface area contributed by atoms with E-state index in [1.165, 1.54) is 0 Å². The zero-order chi connectivity index (χ0) is 19.3. The van der Waals surface area contributed by atoms with E-state index in [0.717, 1.165) is 38.4 Å². The van der Waals surface area contributed by atoms with E-state index in [9.17, 15) is 4.79 Å². The lowest BCUT2D eigenvalue weighted by atomic mass is 10.1. The Kier molecular flexibility index (Phi) is 3.65. The standard InChI is InChI=1S/C22H17N5O/c1-12(2)25-22(28)13-7-8-16-17(11-13)27-21-15-6-4-10-24-19(15)18-14(20(21)26-16)5-3-9-23-18/h3-12H,1-2H3,(H,25,28). The van der Waals surface area contributed by atoms with Crippen LogP contribution in [0, 0.1) is 0 Å². The van der Waals surface area contributed by atoms with E-state index in [1.54, 1.807) is 24.5 Å². The van der Waals surface area contributed by atoms with Crippen molar-refractivity contribution in [3.63, 3.8) is 0 Å². The second-order valence-corrected chi connectivity index (χ2v) is 7.05. The van der Waals surface area contributed by atoms with Crippen LogP contribution in [0.5, 0.6) is 0 Å². The number of benzene rings is 2. The third-order valence-electron chi connectivity index (χ3n) is 4.70. The van der Waals surface area contributed by atoms with E-state index in [-0.39, 0.29) is 11.9 Å². The van der Waals surface area contributed by atoms with Crippen molar-refractivity contribution in [3.8, 4) is 0 Å². The highest BCUT2D eigenvalue weighted by atomic mass is 16.1. The topological polar surface area (TPSA) is 80.7 Å². The molecule has 0 fully saturated rings. The Bertz CT molecular complexity index is 1390. The van der Waals surface area contributed by atoms with Crippen LogP contribution in [0.2, 0.25) is 0 Å². The zero-order valence-corrected chi connectivity index (χ0v) is 15.5. The quantitative estimate of drug-likeness (QED) is 0.376. The minimum absolute atomic E-state index is 0.0692. The van der Waals surface area contributed by atoms with Gasteiger partial charge in [-0.15, -0.1) is 0 Å². The largest absolute Gasteiger partial charge is 0.350 e. The smallest absolute Gasteiger partial charge is 0.251 e. The lowest BCUT2D eigenvalue weighted by Gasteiger charge is -2.10. The highest BCUT2D eigenvalue weighted by molar-refractivity contribution is 6.21. The Labute approximate surface area is 160 Å². The average molecular weight is 367 g/mol. The predicted molar refractivity (Wildman–Crippen MR) is 110 cm³/mol. The molecule has 3 aromatic heterocycles. The molecule has 5 aromatic rings. The fraction of sp³-hybridized carbons (Fsp3) is 0.136. The molecule has 0 unspecified atom stereocenters. The molecule has 0 atom stereocenters. The molecular formula is C22H17N5O. The van der Waals surface area contributed by atoms with Crippen molar-refractivity contribution in [2.24, 2.45) is 0 Å². The Morgan fingerprint density at radius 3 is 2.04 bits per heavy atom.